The Morgan fingerprint density at radius 2 is 2.25 bits per heavy atom. The lowest BCUT2D eigenvalue weighted by Gasteiger charge is -2.04. The van der Waals surface area contributed by atoms with Crippen LogP contribution >= 0.6 is 23.4 Å². The van der Waals surface area contributed by atoms with Crippen LogP contribution in [0, 0.1) is 6.92 Å². The van der Waals surface area contributed by atoms with Crippen LogP contribution in [0.2, 0.25) is 5.15 Å². The Hall–Kier alpha value is -1.07. The van der Waals surface area contributed by atoms with Crippen molar-refractivity contribution in [3.63, 3.8) is 0 Å². The second-order valence-electron chi connectivity index (χ2n) is 3.16. The van der Waals surface area contributed by atoms with Gasteiger partial charge in [0.2, 0.25) is 0 Å². The standard InChI is InChI=1S/C10H10ClN3OS/c1-3-7-8(11)12-5-13-9(7)16-10-14-6(2)4-15-10/h4-5H,3H2,1-2H3. The summed E-state index contributed by atoms with van der Waals surface area (Å²) >= 11 is 7.35. The van der Waals surface area contributed by atoms with Gasteiger partial charge in [0.1, 0.15) is 22.8 Å². The zero-order valence-corrected chi connectivity index (χ0v) is 10.5. The lowest BCUT2D eigenvalue weighted by Crippen LogP contribution is -1.93. The predicted molar refractivity (Wildman–Crippen MR) is 61.8 cm³/mol. The van der Waals surface area contributed by atoms with Crippen molar-refractivity contribution in [3.05, 3.63) is 29.0 Å². The number of oxazole rings is 1. The lowest BCUT2D eigenvalue weighted by atomic mass is 10.3. The summed E-state index contributed by atoms with van der Waals surface area (Å²) < 4.78 is 5.26. The normalized spacial score (nSPS) is 10.7. The lowest BCUT2D eigenvalue weighted by molar-refractivity contribution is 0.453. The minimum atomic E-state index is 0.489. The fraction of sp³-hybridized carbons (Fsp3) is 0.300. The van der Waals surface area contributed by atoms with Crippen LogP contribution < -0.4 is 0 Å². The Kier molecular flexibility index (Phi) is 3.46. The molecule has 2 aromatic heterocycles. The van der Waals surface area contributed by atoms with Gasteiger partial charge in [-0.15, -0.1) is 0 Å². The van der Waals surface area contributed by atoms with E-state index in [-0.39, 0.29) is 0 Å². The van der Waals surface area contributed by atoms with Gasteiger partial charge in [-0.3, -0.25) is 0 Å². The van der Waals surface area contributed by atoms with Crippen LogP contribution in [-0.2, 0) is 6.42 Å². The van der Waals surface area contributed by atoms with Crippen LogP contribution in [-0.4, -0.2) is 15.0 Å². The highest BCUT2D eigenvalue weighted by Gasteiger charge is 2.12. The highest BCUT2D eigenvalue weighted by molar-refractivity contribution is 7.99. The van der Waals surface area contributed by atoms with Crippen LogP contribution in [0.1, 0.15) is 18.2 Å². The fourth-order valence-electron chi connectivity index (χ4n) is 1.22. The highest BCUT2D eigenvalue weighted by atomic mass is 35.5. The summed E-state index contributed by atoms with van der Waals surface area (Å²) in [6, 6.07) is 0. The number of rotatable bonds is 3. The van der Waals surface area contributed by atoms with E-state index in [9.17, 15) is 0 Å². The van der Waals surface area contributed by atoms with E-state index < -0.39 is 0 Å². The summed E-state index contributed by atoms with van der Waals surface area (Å²) in [6.07, 6.45) is 3.83. The zero-order valence-electron chi connectivity index (χ0n) is 8.90. The van der Waals surface area contributed by atoms with Crippen molar-refractivity contribution < 1.29 is 4.42 Å². The molecule has 2 rings (SSSR count). The second kappa shape index (κ2) is 4.84. The molecule has 16 heavy (non-hydrogen) atoms. The van der Waals surface area contributed by atoms with E-state index in [0.29, 0.717) is 10.4 Å². The highest BCUT2D eigenvalue weighted by Crippen LogP contribution is 2.30. The van der Waals surface area contributed by atoms with Crippen LogP contribution in [0.25, 0.3) is 0 Å². The van der Waals surface area contributed by atoms with Gasteiger partial charge in [0.15, 0.2) is 0 Å². The van der Waals surface area contributed by atoms with Crippen molar-refractivity contribution in [2.24, 2.45) is 0 Å². The first-order valence-corrected chi connectivity index (χ1v) is 5.99. The Labute approximate surface area is 102 Å². The molecule has 0 amide bonds. The number of nitrogens with zero attached hydrogens (tertiary/aromatic N) is 3. The monoisotopic (exact) mass is 255 g/mol. The molecule has 6 heteroatoms. The average Bonchev–Trinajstić information content (AvgIpc) is 2.64. The van der Waals surface area contributed by atoms with E-state index in [0.717, 1.165) is 22.7 Å². The Bertz CT molecular complexity index is 501. The quantitative estimate of drug-likeness (QED) is 0.789. The van der Waals surface area contributed by atoms with Gasteiger partial charge >= 0.3 is 0 Å². The molecular formula is C10H10ClN3OS. The molecule has 0 aliphatic carbocycles. The minimum absolute atomic E-state index is 0.489. The van der Waals surface area contributed by atoms with E-state index in [4.69, 9.17) is 16.0 Å². The van der Waals surface area contributed by atoms with Crippen molar-refractivity contribution in [1.29, 1.82) is 0 Å². The SMILES string of the molecule is CCc1c(Cl)ncnc1Sc1nc(C)co1. The molecule has 0 saturated heterocycles. The van der Waals surface area contributed by atoms with E-state index >= 15 is 0 Å². The summed E-state index contributed by atoms with van der Waals surface area (Å²) in [5.74, 6) is 0. The fourth-order valence-corrected chi connectivity index (χ4v) is 2.46. The molecule has 2 heterocycles. The number of hydrogen-bond donors (Lipinski definition) is 0. The number of aromatic nitrogens is 3. The number of aryl methyl sites for hydroxylation is 1. The Balaban J connectivity index is 2.30. The van der Waals surface area contributed by atoms with Crippen molar-refractivity contribution in [1.82, 2.24) is 15.0 Å². The summed E-state index contributed by atoms with van der Waals surface area (Å²) in [5.41, 5.74) is 1.77. The van der Waals surface area contributed by atoms with Gasteiger partial charge in [-0.25, -0.2) is 15.0 Å². The van der Waals surface area contributed by atoms with E-state index in [1.165, 1.54) is 18.1 Å². The molecule has 0 saturated carbocycles. The van der Waals surface area contributed by atoms with Gasteiger partial charge in [-0.2, -0.15) is 0 Å². The maximum absolute atomic E-state index is 5.99. The van der Waals surface area contributed by atoms with Crippen LogP contribution in [0.5, 0.6) is 0 Å². The van der Waals surface area contributed by atoms with Crippen molar-refractivity contribution >= 4 is 23.4 Å². The van der Waals surface area contributed by atoms with Crippen molar-refractivity contribution in [2.75, 3.05) is 0 Å². The maximum Gasteiger partial charge on any atom is 0.262 e. The predicted octanol–water partition coefficient (Wildman–Crippen LogP) is 3.14. The van der Waals surface area contributed by atoms with Gasteiger partial charge in [0, 0.05) is 5.56 Å². The molecule has 4 nitrogen and oxygen atoms in total. The summed E-state index contributed by atoms with van der Waals surface area (Å²) in [6.45, 7) is 3.89. The molecular weight excluding hydrogens is 246 g/mol. The summed E-state index contributed by atoms with van der Waals surface area (Å²) in [5, 5.41) is 1.86. The van der Waals surface area contributed by atoms with Gasteiger partial charge in [-0.05, 0) is 25.1 Å². The van der Waals surface area contributed by atoms with Gasteiger partial charge in [0.05, 0.1) is 5.69 Å². The molecule has 0 radical (unpaired) electrons. The topological polar surface area (TPSA) is 51.8 Å². The first-order valence-electron chi connectivity index (χ1n) is 4.80. The van der Waals surface area contributed by atoms with E-state index in [1.807, 2.05) is 13.8 Å². The third-order valence-corrected chi connectivity index (χ3v) is 3.22. The van der Waals surface area contributed by atoms with Crippen LogP contribution in [0.4, 0.5) is 0 Å². The molecule has 0 bridgehead atoms. The van der Waals surface area contributed by atoms with Gasteiger partial charge in [-0.1, -0.05) is 18.5 Å². The maximum atomic E-state index is 5.99. The zero-order chi connectivity index (χ0) is 11.5. The third-order valence-electron chi connectivity index (χ3n) is 1.99. The molecule has 0 atom stereocenters. The van der Waals surface area contributed by atoms with Crippen molar-refractivity contribution in [2.45, 2.75) is 30.5 Å². The first-order chi connectivity index (χ1) is 7.70. The Morgan fingerprint density at radius 1 is 1.44 bits per heavy atom. The number of hydrogen-bond acceptors (Lipinski definition) is 5. The molecule has 2 aromatic rings. The molecule has 0 fully saturated rings. The van der Waals surface area contributed by atoms with E-state index in [1.54, 1.807) is 6.26 Å². The van der Waals surface area contributed by atoms with Crippen LogP contribution in [0.15, 0.2) is 27.3 Å². The molecule has 0 N–H and O–H groups in total. The molecule has 0 aliphatic rings. The van der Waals surface area contributed by atoms with Gasteiger partial charge < -0.3 is 4.42 Å². The molecule has 0 aromatic carbocycles. The third kappa shape index (κ3) is 2.36. The molecule has 0 aliphatic heterocycles. The van der Waals surface area contributed by atoms with Crippen LogP contribution in [0.3, 0.4) is 0 Å². The summed E-state index contributed by atoms with van der Waals surface area (Å²) in [4.78, 5) is 12.3. The second-order valence-corrected chi connectivity index (χ2v) is 4.46. The minimum Gasteiger partial charge on any atom is -0.439 e. The summed E-state index contributed by atoms with van der Waals surface area (Å²) in [7, 11) is 0. The molecule has 0 spiro atoms. The first kappa shape index (κ1) is 11.4. The van der Waals surface area contributed by atoms with Crippen molar-refractivity contribution in [3.8, 4) is 0 Å². The Morgan fingerprint density at radius 3 is 2.88 bits per heavy atom. The van der Waals surface area contributed by atoms with Gasteiger partial charge in [0.25, 0.3) is 5.22 Å². The molecule has 0 unspecified atom stereocenters. The largest absolute Gasteiger partial charge is 0.439 e. The van der Waals surface area contributed by atoms with E-state index in [2.05, 4.69) is 15.0 Å². The average molecular weight is 256 g/mol. The molecule has 84 valence electrons. The smallest absolute Gasteiger partial charge is 0.262 e. The number of halogens is 1.